The fraction of sp³-hybridized carbons (Fsp3) is 0.448. The second-order valence-corrected chi connectivity index (χ2v) is 11.2. The first-order valence-electron chi connectivity index (χ1n) is 13.3. The zero-order chi connectivity index (χ0) is 31.9. The van der Waals surface area contributed by atoms with E-state index >= 15 is 4.39 Å². The van der Waals surface area contributed by atoms with Gasteiger partial charge in [-0.25, -0.2) is 28.3 Å². The number of halogens is 6. The number of nitrogens with one attached hydrogen (secondary N) is 1. The molecule has 0 saturated heterocycles. The highest BCUT2D eigenvalue weighted by Gasteiger charge is 2.46. The second kappa shape index (κ2) is 15.0. The number of benzene rings is 1. The molecule has 3 rings (SSSR count). The van der Waals surface area contributed by atoms with Crippen molar-refractivity contribution in [1.29, 1.82) is 0 Å². The van der Waals surface area contributed by atoms with Crippen molar-refractivity contribution < 1.29 is 41.0 Å². The van der Waals surface area contributed by atoms with Crippen molar-refractivity contribution in [3.63, 3.8) is 0 Å². The van der Waals surface area contributed by atoms with E-state index in [2.05, 4.69) is 15.3 Å². The van der Waals surface area contributed by atoms with Gasteiger partial charge in [0.1, 0.15) is 12.5 Å². The van der Waals surface area contributed by atoms with Crippen molar-refractivity contribution in [2.75, 3.05) is 26.1 Å². The van der Waals surface area contributed by atoms with Gasteiger partial charge in [0.15, 0.2) is 5.16 Å². The number of allylic oxidation sites excluding steroid dienone is 2. The topological polar surface area (TPSA) is 90.4 Å². The molecule has 0 aliphatic carbocycles. The van der Waals surface area contributed by atoms with E-state index in [-0.39, 0.29) is 12.3 Å². The molecule has 2 heterocycles. The number of carbonyl (C=O) groups excluding carboxylic acids is 2. The normalized spacial score (nSPS) is 15.4. The average molecular weight is 648 g/mol. The molecule has 1 unspecified atom stereocenters. The molecule has 1 atom stereocenters. The summed E-state index contributed by atoms with van der Waals surface area (Å²) in [6, 6.07) is 3.29. The molecule has 0 radical (unpaired) electrons. The Kier molecular flexibility index (Phi) is 12.0. The molecule has 1 aromatic heterocycles. The second-order valence-electron chi connectivity index (χ2n) is 9.76. The van der Waals surface area contributed by atoms with E-state index in [1.54, 1.807) is 0 Å². The standard InChI is InChI=1S/C29H31ClF5N3O4S/c1-15-13-16(2)37-28(36-15)43-12-8-6-5-7-11-42-27(40)21-17(3)38-20(14-31)23(26(39)41-4)24(21)22-19(32)10-9-18(30)25(22)29(33,34)35/h9-10,13,24,38H,5-8,11-12,14H2,1-4H3. The fourth-order valence-electron chi connectivity index (χ4n) is 4.77. The zero-order valence-corrected chi connectivity index (χ0v) is 25.5. The summed E-state index contributed by atoms with van der Waals surface area (Å²) < 4.78 is 81.8. The SMILES string of the molecule is COC(=O)C1=C(CF)NC(C)=C(C(=O)OCCCCCCSc2nc(C)cc(C)n2)C1c1c(F)ccc(Cl)c1C(F)(F)F. The number of carbonyl (C=O) groups is 2. The van der Waals surface area contributed by atoms with Crippen molar-refractivity contribution in [3.05, 3.63) is 74.1 Å². The number of alkyl halides is 4. The van der Waals surface area contributed by atoms with Crippen molar-refractivity contribution in [2.45, 2.75) is 63.7 Å². The number of dihydropyridines is 1. The van der Waals surface area contributed by atoms with E-state index < -0.39 is 69.5 Å². The van der Waals surface area contributed by atoms with Crippen LogP contribution < -0.4 is 5.32 Å². The number of unbranched alkanes of at least 4 members (excludes halogenated alkanes) is 3. The molecule has 0 bridgehead atoms. The summed E-state index contributed by atoms with van der Waals surface area (Å²) in [4.78, 5) is 34.8. The van der Waals surface area contributed by atoms with Crippen LogP contribution in [0.25, 0.3) is 0 Å². The number of methoxy groups -OCH3 is 1. The maximum absolute atomic E-state index is 15.3. The average Bonchev–Trinajstić information content (AvgIpc) is 2.93. The van der Waals surface area contributed by atoms with E-state index in [0.717, 1.165) is 37.1 Å². The molecular weight excluding hydrogens is 617 g/mol. The Balaban J connectivity index is 1.77. The summed E-state index contributed by atoms with van der Waals surface area (Å²) >= 11 is 7.39. The number of rotatable bonds is 12. The van der Waals surface area contributed by atoms with E-state index in [0.29, 0.717) is 30.1 Å². The third-order valence-corrected chi connectivity index (χ3v) is 7.83. The lowest BCUT2D eigenvalue weighted by atomic mass is 9.78. The Hall–Kier alpha value is -3.19. The Morgan fingerprint density at radius 1 is 1.02 bits per heavy atom. The van der Waals surface area contributed by atoms with Gasteiger partial charge in [0, 0.05) is 28.4 Å². The van der Waals surface area contributed by atoms with Crippen LogP contribution in [0.4, 0.5) is 22.0 Å². The lowest BCUT2D eigenvalue weighted by Gasteiger charge is -2.32. The Labute approximate surface area is 255 Å². The Bertz CT molecular complexity index is 1410. The molecule has 1 aromatic carbocycles. The quantitative estimate of drug-likeness (QED) is 0.0854. The zero-order valence-electron chi connectivity index (χ0n) is 24.0. The Morgan fingerprint density at radius 3 is 2.28 bits per heavy atom. The van der Waals surface area contributed by atoms with Crippen LogP contribution in [0.5, 0.6) is 0 Å². The van der Waals surface area contributed by atoms with E-state index in [1.807, 2.05) is 19.9 Å². The largest absolute Gasteiger partial charge is 0.466 e. The lowest BCUT2D eigenvalue weighted by molar-refractivity contribution is -0.141. The van der Waals surface area contributed by atoms with Gasteiger partial charge in [-0.15, -0.1) is 0 Å². The highest BCUT2D eigenvalue weighted by atomic mass is 35.5. The summed E-state index contributed by atoms with van der Waals surface area (Å²) in [5.74, 6) is -4.96. The van der Waals surface area contributed by atoms with Crippen LogP contribution >= 0.6 is 23.4 Å². The number of ether oxygens (including phenoxy) is 2. The molecule has 0 spiro atoms. The van der Waals surface area contributed by atoms with E-state index in [9.17, 15) is 27.2 Å². The highest BCUT2D eigenvalue weighted by Crippen LogP contribution is 2.47. The molecule has 43 heavy (non-hydrogen) atoms. The van der Waals surface area contributed by atoms with Crippen LogP contribution in [0.15, 0.2) is 45.9 Å². The highest BCUT2D eigenvalue weighted by molar-refractivity contribution is 7.99. The summed E-state index contributed by atoms with van der Waals surface area (Å²) in [5.41, 5.74) is -2.68. The van der Waals surface area contributed by atoms with Gasteiger partial charge in [0.2, 0.25) is 0 Å². The van der Waals surface area contributed by atoms with Crippen LogP contribution in [0, 0.1) is 19.7 Å². The number of esters is 2. The molecular formula is C29H31ClF5N3O4S. The molecule has 14 heteroatoms. The first kappa shape index (κ1) is 34.3. The summed E-state index contributed by atoms with van der Waals surface area (Å²) in [5, 5.41) is 2.37. The van der Waals surface area contributed by atoms with Gasteiger partial charge in [0.05, 0.1) is 47.1 Å². The number of hydrogen-bond acceptors (Lipinski definition) is 8. The molecule has 0 fully saturated rings. The molecule has 1 aliphatic rings. The summed E-state index contributed by atoms with van der Waals surface area (Å²) in [6.45, 7) is 3.66. The van der Waals surface area contributed by atoms with Gasteiger partial charge in [-0.05, 0) is 51.8 Å². The van der Waals surface area contributed by atoms with Crippen LogP contribution in [-0.2, 0) is 25.2 Å². The van der Waals surface area contributed by atoms with E-state index in [1.165, 1.54) is 18.7 Å². The maximum Gasteiger partial charge on any atom is 0.418 e. The fourth-order valence-corrected chi connectivity index (χ4v) is 5.99. The maximum atomic E-state index is 15.3. The number of aryl methyl sites for hydroxylation is 2. The van der Waals surface area contributed by atoms with Gasteiger partial charge < -0.3 is 14.8 Å². The first-order chi connectivity index (χ1) is 20.3. The molecule has 0 saturated carbocycles. The number of nitrogens with zero attached hydrogens (tertiary/aromatic N) is 2. The smallest absolute Gasteiger partial charge is 0.418 e. The van der Waals surface area contributed by atoms with E-state index in [4.69, 9.17) is 21.1 Å². The van der Waals surface area contributed by atoms with Crippen molar-refractivity contribution in [2.24, 2.45) is 0 Å². The third kappa shape index (κ3) is 8.47. The first-order valence-corrected chi connectivity index (χ1v) is 14.7. The minimum atomic E-state index is -5.18. The van der Waals surface area contributed by atoms with Crippen LogP contribution in [-0.4, -0.2) is 48.1 Å². The van der Waals surface area contributed by atoms with Gasteiger partial charge in [-0.2, -0.15) is 13.2 Å². The molecule has 1 aliphatic heterocycles. The summed E-state index contributed by atoms with van der Waals surface area (Å²) in [7, 11) is 0.928. The molecule has 234 valence electrons. The minimum absolute atomic E-state index is 0.0902. The van der Waals surface area contributed by atoms with Crippen molar-refractivity contribution >= 4 is 35.3 Å². The molecule has 0 amide bonds. The predicted molar refractivity (Wildman–Crippen MR) is 152 cm³/mol. The van der Waals surface area contributed by atoms with Gasteiger partial charge in [0.25, 0.3) is 0 Å². The van der Waals surface area contributed by atoms with Gasteiger partial charge >= 0.3 is 18.1 Å². The van der Waals surface area contributed by atoms with Gasteiger partial charge in [-0.3, -0.25) is 0 Å². The van der Waals surface area contributed by atoms with Crippen molar-refractivity contribution in [1.82, 2.24) is 15.3 Å². The summed E-state index contributed by atoms with van der Waals surface area (Å²) in [6.07, 6.45) is -2.41. The number of aromatic nitrogens is 2. The van der Waals surface area contributed by atoms with Gasteiger partial charge in [-0.1, -0.05) is 36.2 Å². The number of hydrogen-bond donors (Lipinski definition) is 1. The van der Waals surface area contributed by atoms with Crippen LogP contribution in [0.2, 0.25) is 5.02 Å². The molecule has 7 nitrogen and oxygen atoms in total. The number of thioether (sulfide) groups is 1. The third-order valence-electron chi connectivity index (χ3n) is 6.58. The van der Waals surface area contributed by atoms with Crippen molar-refractivity contribution in [3.8, 4) is 0 Å². The molecule has 2 aromatic rings. The minimum Gasteiger partial charge on any atom is -0.466 e. The van der Waals surface area contributed by atoms with Crippen LogP contribution in [0.1, 0.15) is 61.0 Å². The molecule has 1 N–H and O–H groups in total. The monoisotopic (exact) mass is 647 g/mol. The lowest BCUT2D eigenvalue weighted by Crippen LogP contribution is -2.35. The predicted octanol–water partition coefficient (Wildman–Crippen LogP) is 7.16. The Morgan fingerprint density at radius 2 is 1.67 bits per heavy atom. The van der Waals surface area contributed by atoms with Crippen LogP contribution in [0.3, 0.4) is 0 Å².